The number of aliphatic hydroxyl groups excluding tert-OH is 2. The molecule has 4 rings (SSSR count). The third-order valence-corrected chi connectivity index (χ3v) is 5.08. The first-order chi connectivity index (χ1) is 12.4. The Kier molecular flexibility index (Phi) is 3.67. The van der Waals surface area contributed by atoms with Crippen LogP contribution in [-0.4, -0.2) is 16.2 Å². The SMILES string of the molecule is CC1(c2ccc(-c3c(Cl)ccc4ccccc34)cc2)OC(=O)C(O)=C1O. The van der Waals surface area contributed by atoms with E-state index in [9.17, 15) is 15.0 Å². The second kappa shape index (κ2) is 5.78. The minimum Gasteiger partial charge on any atom is -0.505 e. The van der Waals surface area contributed by atoms with Crippen molar-refractivity contribution in [2.45, 2.75) is 12.5 Å². The molecule has 0 saturated heterocycles. The molecule has 1 heterocycles. The largest absolute Gasteiger partial charge is 0.505 e. The van der Waals surface area contributed by atoms with Crippen molar-refractivity contribution in [1.29, 1.82) is 0 Å². The molecule has 0 spiro atoms. The molecule has 1 aliphatic rings. The summed E-state index contributed by atoms with van der Waals surface area (Å²) in [7, 11) is 0. The first-order valence-corrected chi connectivity index (χ1v) is 8.44. The van der Waals surface area contributed by atoms with Gasteiger partial charge in [-0.25, -0.2) is 4.79 Å². The van der Waals surface area contributed by atoms with Gasteiger partial charge in [-0.1, -0.05) is 66.2 Å². The fraction of sp³-hybridized carbons (Fsp3) is 0.0952. The van der Waals surface area contributed by atoms with Crippen molar-refractivity contribution in [3.63, 3.8) is 0 Å². The Morgan fingerprint density at radius 3 is 2.31 bits per heavy atom. The molecule has 5 heteroatoms. The standard InChI is InChI=1S/C21H15ClO4/c1-21(19(24)18(23)20(25)26-21)14-9-6-13(7-10-14)17-15-5-3-2-4-12(15)8-11-16(17)22/h2-11,23-24H,1H3. The Labute approximate surface area is 154 Å². The highest BCUT2D eigenvalue weighted by Gasteiger charge is 2.46. The van der Waals surface area contributed by atoms with E-state index in [4.69, 9.17) is 16.3 Å². The number of fused-ring (bicyclic) bond motifs is 1. The van der Waals surface area contributed by atoms with Gasteiger partial charge < -0.3 is 14.9 Å². The van der Waals surface area contributed by atoms with Crippen molar-refractivity contribution in [3.8, 4) is 11.1 Å². The molecule has 3 aromatic carbocycles. The van der Waals surface area contributed by atoms with Crippen LogP contribution in [0.25, 0.3) is 21.9 Å². The Hall–Kier alpha value is -2.98. The first kappa shape index (κ1) is 16.5. The lowest BCUT2D eigenvalue weighted by Gasteiger charge is -2.23. The molecule has 1 aliphatic heterocycles. The predicted molar refractivity (Wildman–Crippen MR) is 100 cm³/mol. The summed E-state index contributed by atoms with van der Waals surface area (Å²) in [5.41, 5.74) is 0.957. The zero-order valence-corrected chi connectivity index (χ0v) is 14.6. The number of carbonyl (C=O) groups excluding carboxylic acids is 1. The van der Waals surface area contributed by atoms with Gasteiger partial charge in [-0.3, -0.25) is 0 Å². The molecule has 3 aromatic rings. The van der Waals surface area contributed by atoms with E-state index in [1.807, 2.05) is 48.5 Å². The third kappa shape index (κ3) is 2.34. The number of aliphatic hydroxyl groups is 2. The number of rotatable bonds is 2. The van der Waals surface area contributed by atoms with Crippen molar-refractivity contribution < 1.29 is 19.7 Å². The van der Waals surface area contributed by atoms with E-state index in [0.717, 1.165) is 21.9 Å². The summed E-state index contributed by atoms with van der Waals surface area (Å²) in [6.07, 6.45) is 0. The van der Waals surface area contributed by atoms with E-state index in [1.54, 1.807) is 12.1 Å². The highest BCUT2D eigenvalue weighted by atomic mass is 35.5. The average molecular weight is 367 g/mol. The molecule has 1 atom stereocenters. The molecule has 0 amide bonds. The molecule has 26 heavy (non-hydrogen) atoms. The van der Waals surface area contributed by atoms with Crippen molar-refractivity contribution >= 4 is 28.3 Å². The summed E-state index contributed by atoms with van der Waals surface area (Å²) in [5.74, 6) is -2.18. The van der Waals surface area contributed by atoms with Crippen molar-refractivity contribution in [1.82, 2.24) is 0 Å². The summed E-state index contributed by atoms with van der Waals surface area (Å²) in [6, 6.07) is 19.0. The quantitative estimate of drug-likeness (QED) is 0.607. The summed E-state index contributed by atoms with van der Waals surface area (Å²) in [6.45, 7) is 1.53. The Balaban J connectivity index is 1.81. The lowest BCUT2D eigenvalue weighted by molar-refractivity contribution is -0.149. The fourth-order valence-corrected chi connectivity index (χ4v) is 3.57. The first-order valence-electron chi connectivity index (χ1n) is 8.06. The number of hydrogen-bond donors (Lipinski definition) is 2. The van der Waals surface area contributed by atoms with E-state index >= 15 is 0 Å². The van der Waals surface area contributed by atoms with Crippen LogP contribution in [0.2, 0.25) is 5.02 Å². The average Bonchev–Trinajstić information content (AvgIpc) is 2.85. The van der Waals surface area contributed by atoms with E-state index < -0.39 is 23.1 Å². The summed E-state index contributed by atoms with van der Waals surface area (Å²) in [5, 5.41) is 22.4. The van der Waals surface area contributed by atoms with Gasteiger partial charge >= 0.3 is 5.97 Å². The number of cyclic esters (lactones) is 1. The van der Waals surface area contributed by atoms with Crippen LogP contribution in [-0.2, 0) is 15.1 Å². The zero-order chi connectivity index (χ0) is 18.5. The number of hydrogen-bond acceptors (Lipinski definition) is 4. The summed E-state index contributed by atoms with van der Waals surface area (Å²) < 4.78 is 5.16. The summed E-state index contributed by atoms with van der Waals surface area (Å²) >= 11 is 6.44. The van der Waals surface area contributed by atoms with E-state index in [-0.39, 0.29) is 0 Å². The number of carbonyl (C=O) groups is 1. The molecule has 2 N–H and O–H groups in total. The molecule has 1 unspecified atom stereocenters. The maximum absolute atomic E-state index is 11.5. The van der Waals surface area contributed by atoms with Gasteiger partial charge in [0.05, 0.1) is 0 Å². The number of benzene rings is 3. The topological polar surface area (TPSA) is 66.8 Å². The zero-order valence-electron chi connectivity index (χ0n) is 13.9. The fourth-order valence-electron chi connectivity index (χ4n) is 3.29. The van der Waals surface area contributed by atoms with Crippen molar-refractivity contribution in [2.24, 2.45) is 0 Å². The lowest BCUT2D eigenvalue weighted by Crippen LogP contribution is -2.25. The monoisotopic (exact) mass is 366 g/mol. The number of halogens is 1. The minimum atomic E-state index is -1.40. The van der Waals surface area contributed by atoms with Crippen LogP contribution in [0.5, 0.6) is 0 Å². The molecule has 0 aromatic heterocycles. The van der Waals surface area contributed by atoms with E-state index in [2.05, 4.69) is 0 Å². The Bertz CT molecular complexity index is 1070. The second-order valence-electron chi connectivity index (χ2n) is 6.34. The molecule has 0 saturated carbocycles. The predicted octanol–water partition coefficient (Wildman–Crippen LogP) is 5.26. The molecular weight excluding hydrogens is 352 g/mol. The van der Waals surface area contributed by atoms with Gasteiger partial charge in [0, 0.05) is 16.1 Å². The van der Waals surface area contributed by atoms with Crippen LogP contribution in [0.3, 0.4) is 0 Å². The van der Waals surface area contributed by atoms with Gasteiger partial charge in [-0.05, 0) is 29.3 Å². The lowest BCUT2D eigenvalue weighted by atomic mass is 9.91. The van der Waals surface area contributed by atoms with E-state index in [0.29, 0.717) is 10.6 Å². The second-order valence-corrected chi connectivity index (χ2v) is 6.75. The van der Waals surface area contributed by atoms with Crippen LogP contribution in [0.4, 0.5) is 0 Å². The molecule has 130 valence electrons. The van der Waals surface area contributed by atoms with Crippen LogP contribution < -0.4 is 0 Å². The van der Waals surface area contributed by atoms with Gasteiger partial charge in [0.25, 0.3) is 0 Å². The molecule has 0 fully saturated rings. The van der Waals surface area contributed by atoms with Gasteiger partial charge in [-0.15, -0.1) is 0 Å². The Morgan fingerprint density at radius 1 is 0.962 bits per heavy atom. The van der Waals surface area contributed by atoms with Crippen LogP contribution in [0.15, 0.2) is 72.2 Å². The van der Waals surface area contributed by atoms with Gasteiger partial charge in [-0.2, -0.15) is 0 Å². The molecule has 0 radical (unpaired) electrons. The third-order valence-electron chi connectivity index (χ3n) is 4.77. The maximum atomic E-state index is 11.5. The smallest absolute Gasteiger partial charge is 0.378 e. The molecule has 4 nitrogen and oxygen atoms in total. The normalized spacial score (nSPS) is 19.8. The van der Waals surface area contributed by atoms with Crippen LogP contribution >= 0.6 is 11.6 Å². The maximum Gasteiger partial charge on any atom is 0.378 e. The molecule has 0 aliphatic carbocycles. The molecule has 0 bridgehead atoms. The van der Waals surface area contributed by atoms with Gasteiger partial charge in [0.2, 0.25) is 5.76 Å². The summed E-state index contributed by atoms with van der Waals surface area (Å²) in [4.78, 5) is 11.5. The number of ether oxygens (including phenoxy) is 1. The minimum absolute atomic E-state index is 0.488. The number of esters is 1. The van der Waals surface area contributed by atoms with Crippen molar-refractivity contribution in [3.05, 3.63) is 82.8 Å². The molecular formula is C21H15ClO4. The highest BCUT2D eigenvalue weighted by molar-refractivity contribution is 6.35. The highest BCUT2D eigenvalue weighted by Crippen LogP contribution is 2.41. The Morgan fingerprint density at radius 2 is 1.65 bits per heavy atom. The van der Waals surface area contributed by atoms with Crippen LogP contribution in [0.1, 0.15) is 12.5 Å². The van der Waals surface area contributed by atoms with Gasteiger partial charge in [0.15, 0.2) is 11.4 Å². The van der Waals surface area contributed by atoms with Crippen LogP contribution in [0, 0.1) is 0 Å². The van der Waals surface area contributed by atoms with Crippen molar-refractivity contribution in [2.75, 3.05) is 0 Å². The van der Waals surface area contributed by atoms with Gasteiger partial charge in [0.1, 0.15) is 0 Å². The van der Waals surface area contributed by atoms with E-state index in [1.165, 1.54) is 6.92 Å².